The molecule has 0 aliphatic rings. The van der Waals surface area contributed by atoms with Crippen LogP contribution in [0, 0.1) is 5.82 Å². The van der Waals surface area contributed by atoms with E-state index in [9.17, 15) is 4.39 Å². The SMILES string of the molecule is Fc1cnc(Oc2cc(Cl)cc(Cl)c2)c(CCl)c1. The molecule has 0 saturated carbocycles. The van der Waals surface area contributed by atoms with Gasteiger partial charge in [0.15, 0.2) is 0 Å². The largest absolute Gasteiger partial charge is 0.439 e. The van der Waals surface area contributed by atoms with Crippen molar-refractivity contribution in [3.8, 4) is 11.6 Å². The van der Waals surface area contributed by atoms with Gasteiger partial charge >= 0.3 is 0 Å². The second-order valence-corrected chi connectivity index (χ2v) is 4.60. The van der Waals surface area contributed by atoms with Gasteiger partial charge in [-0.25, -0.2) is 9.37 Å². The Morgan fingerprint density at radius 2 is 1.78 bits per heavy atom. The molecule has 0 bridgehead atoms. The van der Waals surface area contributed by atoms with Gasteiger partial charge in [0.05, 0.1) is 12.1 Å². The molecule has 1 aromatic heterocycles. The highest BCUT2D eigenvalue weighted by atomic mass is 35.5. The zero-order valence-electron chi connectivity index (χ0n) is 8.96. The molecule has 18 heavy (non-hydrogen) atoms. The number of nitrogens with zero attached hydrogens (tertiary/aromatic N) is 1. The summed E-state index contributed by atoms with van der Waals surface area (Å²) in [5.41, 5.74) is 0.452. The number of rotatable bonds is 3. The molecule has 0 aliphatic heterocycles. The first kappa shape index (κ1) is 13.4. The maximum atomic E-state index is 13.0. The van der Waals surface area contributed by atoms with Gasteiger partial charge in [-0.1, -0.05) is 23.2 Å². The van der Waals surface area contributed by atoms with Crippen LogP contribution in [0.2, 0.25) is 10.0 Å². The quantitative estimate of drug-likeness (QED) is 0.740. The zero-order valence-corrected chi connectivity index (χ0v) is 11.2. The van der Waals surface area contributed by atoms with E-state index in [0.29, 0.717) is 21.4 Å². The lowest BCUT2D eigenvalue weighted by Gasteiger charge is -2.09. The van der Waals surface area contributed by atoms with Crippen molar-refractivity contribution >= 4 is 34.8 Å². The fourth-order valence-electron chi connectivity index (χ4n) is 1.36. The molecule has 1 heterocycles. The van der Waals surface area contributed by atoms with Gasteiger partial charge in [-0.15, -0.1) is 11.6 Å². The number of pyridine rings is 1. The minimum Gasteiger partial charge on any atom is -0.439 e. The molecule has 0 fully saturated rings. The van der Waals surface area contributed by atoms with Crippen molar-refractivity contribution in [2.75, 3.05) is 0 Å². The minimum absolute atomic E-state index is 0.0917. The van der Waals surface area contributed by atoms with Crippen molar-refractivity contribution in [1.29, 1.82) is 0 Å². The van der Waals surface area contributed by atoms with Gasteiger partial charge < -0.3 is 4.74 Å². The second-order valence-electron chi connectivity index (χ2n) is 3.46. The summed E-state index contributed by atoms with van der Waals surface area (Å²) in [7, 11) is 0. The molecule has 0 radical (unpaired) electrons. The van der Waals surface area contributed by atoms with E-state index in [1.807, 2.05) is 0 Å². The van der Waals surface area contributed by atoms with Gasteiger partial charge in [0.1, 0.15) is 11.6 Å². The average Bonchev–Trinajstić information content (AvgIpc) is 2.30. The Hall–Kier alpha value is -1.03. The molecule has 2 nitrogen and oxygen atoms in total. The number of ether oxygens (including phenoxy) is 1. The molecule has 1 aromatic carbocycles. The van der Waals surface area contributed by atoms with Crippen molar-refractivity contribution in [3.63, 3.8) is 0 Å². The maximum absolute atomic E-state index is 13.0. The van der Waals surface area contributed by atoms with E-state index in [0.717, 1.165) is 6.20 Å². The van der Waals surface area contributed by atoms with Crippen molar-refractivity contribution in [3.05, 3.63) is 51.9 Å². The molecular formula is C12H7Cl3FNO. The number of hydrogen-bond acceptors (Lipinski definition) is 2. The van der Waals surface area contributed by atoms with Gasteiger partial charge in [-0.2, -0.15) is 0 Å². The Morgan fingerprint density at radius 3 is 2.39 bits per heavy atom. The summed E-state index contributed by atoms with van der Waals surface area (Å²) >= 11 is 17.4. The van der Waals surface area contributed by atoms with Crippen LogP contribution in [-0.4, -0.2) is 4.98 Å². The van der Waals surface area contributed by atoms with Crippen LogP contribution >= 0.6 is 34.8 Å². The smallest absolute Gasteiger partial charge is 0.223 e. The third-order valence-corrected chi connectivity index (χ3v) is 2.81. The fraction of sp³-hybridized carbons (Fsp3) is 0.0833. The predicted octanol–water partition coefficient (Wildman–Crippen LogP) is 5.06. The highest BCUT2D eigenvalue weighted by molar-refractivity contribution is 6.34. The standard InChI is InChI=1S/C12H7Cl3FNO/c13-5-7-1-10(16)6-17-12(7)18-11-3-8(14)2-9(15)4-11/h1-4,6H,5H2. The topological polar surface area (TPSA) is 22.1 Å². The molecule has 0 saturated heterocycles. The normalized spacial score (nSPS) is 10.4. The Bertz CT molecular complexity index is 557. The van der Waals surface area contributed by atoms with E-state index < -0.39 is 5.82 Å². The van der Waals surface area contributed by atoms with Crippen molar-refractivity contribution in [1.82, 2.24) is 4.98 Å². The number of alkyl halides is 1. The summed E-state index contributed by atoms with van der Waals surface area (Å²) < 4.78 is 18.5. The Kier molecular flexibility index (Phi) is 4.27. The van der Waals surface area contributed by atoms with Crippen LogP contribution in [0.1, 0.15) is 5.56 Å². The number of hydrogen-bond donors (Lipinski definition) is 0. The van der Waals surface area contributed by atoms with Gasteiger partial charge in [0.25, 0.3) is 0 Å². The van der Waals surface area contributed by atoms with Crippen molar-refractivity contribution in [2.45, 2.75) is 5.88 Å². The third-order valence-electron chi connectivity index (χ3n) is 2.09. The maximum Gasteiger partial charge on any atom is 0.223 e. The summed E-state index contributed by atoms with van der Waals surface area (Å²) in [6.45, 7) is 0. The first-order valence-electron chi connectivity index (χ1n) is 4.93. The lowest BCUT2D eigenvalue weighted by Crippen LogP contribution is -1.94. The van der Waals surface area contributed by atoms with Gasteiger partial charge in [-0.05, 0) is 24.3 Å². The monoisotopic (exact) mass is 305 g/mol. The zero-order chi connectivity index (χ0) is 13.1. The van der Waals surface area contributed by atoms with E-state index in [1.165, 1.54) is 6.07 Å². The second kappa shape index (κ2) is 5.74. The Balaban J connectivity index is 2.33. The predicted molar refractivity (Wildman–Crippen MR) is 70.3 cm³/mol. The Labute approximate surface area is 118 Å². The van der Waals surface area contributed by atoms with Gasteiger partial charge in [0, 0.05) is 15.6 Å². The summed E-state index contributed by atoms with van der Waals surface area (Å²) in [5.74, 6) is 0.263. The molecule has 0 unspecified atom stereocenters. The van der Waals surface area contributed by atoms with Crippen LogP contribution in [0.15, 0.2) is 30.5 Å². The molecule has 0 aliphatic carbocycles. The fourth-order valence-corrected chi connectivity index (χ4v) is 2.05. The molecule has 0 N–H and O–H groups in total. The minimum atomic E-state index is -0.470. The summed E-state index contributed by atoms with van der Waals surface area (Å²) in [4.78, 5) is 3.84. The number of aromatic nitrogens is 1. The highest BCUT2D eigenvalue weighted by Gasteiger charge is 2.08. The van der Waals surface area contributed by atoms with Crippen molar-refractivity contribution < 1.29 is 9.13 Å². The van der Waals surface area contributed by atoms with Crippen LogP contribution in [-0.2, 0) is 5.88 Å². The highest BCUT2D eigenvalue weighted by Crippen LogP contribution is 2.29. The van der Waals surface area contributed by atoms with E-state index in [1.54, 1.807) is 18.2 Å². The summed E-state index contributed by atoms with van der Waals surface area (Å²) in [5, 5.41) is 0.874. The molecule has 94 valence electrons. The van der Waals surface area contributed by atoms with Crippen LogP contribution in [0.4, 0.5) is 4.39 Å². The van der Waals surface area contributed by atoms with E-state index in [2.05, 4.69) is 4.98 Å². The lowest BCUT2D eigenvalue weighted by molar-refractivity contribution is 0.454. The molecule has 6 heteroatoms. The molecule has 0 atom stereocenters. The van der Waals surface area contributed by atoms with E-state index in [-0.39, 0.29) is 11.8 Å². The van der Waals surface area contributed by atoms with Gasteiger partial charge in [-0.3, -0.25) is 0 Å². The van der Waals surface area contributed by atoms with Gasteiger partial charge in [0.2, 0.25) is 5.88 Å². The first-order chi connectivity index (χ1) is 8.58. The summed E-state index contributed by atoms with van der Waals surface area (Å²) in [6, 6.07) is 6.00. The first-order valence-corrected chi connectivity index (χ1v) is 6.22. The molecule has 0 spiro atoms. The molecule has 2 rings (SSSR count). The molecule has 0 amide bonds. The summed E-state index contributed by atoms with van der Waals surface area (Å²) in [6.07, 6.45) is 1.05. The number of benzene rings is 1. The third kappa shape index (κ3) is 3.25. The van der Waals surface area contributed by atoms with Crippen LogP contribution < -0.4 is 4.74 Å². The van der Waals surface area contributed by atoms with Crippen LogP contribution in [0.5, 0.6) is 11.6 Å². The molecular weight excluding hydrogens is 299 g/mol. The average molecular weight is 307 g/mol. The lowest BCUT2D eigenvalue weighted by atomic mass is 10.3. The number of halogens is 4. The van der Waals surface area contributed by atoms with E-state index in [4.69, 9.17) is 39.5 Å². The van der Waals surface area contributed by atoms with Crippen LogP contribution in [0.25, 0.3) is 0 Å². The molecule has 2 aromatic rings. The Morgan fingerprint density at radius 1 is 1.11 bits per heavy atom. The van der Waals surface area contributed by atoms with E-state index >= 15 is 0 Å². The van der Waals surface area contributed by atoms with Crippen molar-refractivity contribution in [2.24, 2.45) is 0 Å². The van der Waals surface area contributed by atoms with Crippen LogP contribution in [0.3, 0.4) is 0 Å².